The van der Waals surface area contributed by atoms with Gasteiger partial charge >= 0.3 is 0 Å². The van der Waals surface area contributed by atoms with Crippen LogP contribution in [0.3, 0.4) is 0 Å². The van der Waals surface area contributed by atoms with E-state index in [4.69, 9.17) is 9.72 Å². The topological polar surface area (TPSA) is 46.2 Å². The summed E-state index contributed by atoms with van der Waals surface area (Å²) < 4.78 is 5.66. The third-order valence-corrected chi connectivity index (χ3v) is 4.28. The lowest BCUT2D eigenvalue weighted by molar-refractivity contribution is 0.313. The Bertz CT molecular complexity index is 616. The third kappa shape index (κ3) is 5.24. The van der Waals surface area contributed by atoms with Gasteiger partial charge in [0.25, 0.3) is 0 Å². The Kier molecular flexibility index (Phi) is 6.49. The molecule has 1 aliphatic rings. The van der Waals surface area contributed by atoms with E-state index in [0.29, 0.717) is 6.61 Å². The first kappa shape index (κ1) is 16.8. The van der Waals surface area contributed by atoms with Crippen LogP contribution < -0.4 is 15.4 Å². The molecule has 3 rings (SSSR count). The van der Waals surface area contributed by atoms with Crippen molar-refractivity contribution in [3.63, 3.8) is 0 Å². The maximum atomic E-state index is 5.66. The van der Waals surface area contributed by atoms with E-state index in [0.717, 1.165) is 50.5 Å². The molecule has 0 spiro atoms. The molecule has 2 heterocycles. The summed E-state index contributed by atoms with van der Waals surface area (Å²) in [4.78, 5) is 4.74. The maximum absolute atomic E-state index is 5.66. The number of nitrogens with one attached hydrogen (secondary N) is 2. The van der Waals surface area contributed by atoms with E-state index in [2.05, 4.69) is 22.8 Å². The maximum Gasteiger partial charge on any atom is 0.129 e. The second-order valence-corrected chi connectivity index (χ2v) is 6.21. The van der Waals surface area contributed by atoms with Crippen molar-refractivity contribution in [3.05, 3.63) is 53.7 Å². The van der Waals surface area contributed by atoms with Crippen LogP contribution in [0.1, 0.15) is 30.5 Å². The molecule has 4 nitrogen and oxygen atoms in total. The van der Waals surface area contributed by atoms with Gasteiger partial charge in [-0.1, -0.05) is 24.3 Å². The van der Waals surface area contributed by atoms with Crippen LogP contribution in [0.5, 0.6) is 5.75 Å². The minimum atomic E-state index is 0.710. The fraction of sp³-hybridized carbons (Fsp3) is 0.450. The van der Waals surface area contributed by atoms with Gasteiger partial charge in [0.2, 0.25) is 0 Å². The van der Waals surface area contributed by atoms with Crippen LogP contribution in [0.2, 0.25) is 0 Å². The summed E-state index contributed by atoms with van der Waals surface area (Å²) in [5.41, 5.74) is 2.57. The molecule has 2 N–H and O–H groups in total. The Morgan fingerprint density at radius 1 is 1.04 bits per heavy atom. The van der Waals surface area contributed by atoms with Crippen molar-refractivity contribution in [2.45, 2.75) is 32.1 Å². The molecule has 0 aliphatic carbocycles. The minimum Gasteiger partial charge on any atom is -0.492 e. The Labute approximate surface area is 144 Å². The lowest BCUT2D eigenvalue weighted by atomic mass is 10.1. The van der Waals surface area contributed by atoms with E-state index in [1.807, 2.05) is 30.3 Å². The standard InChI is InChI=1S/C20H27N3O/c1-2-9-19(10-3-1)24-16-15-21-13-5-4-8-18-12-11-17-7-6-14-22-20(17)23-18/h1-3,9-12,21H,4-8,13-16H2,(H,22,23). The van der Waals surface area contributed by atoms with Gasteiger partial charge in [-0.05, 0) is 62.4 Å². The predicted octanol–water partition coefficient (Wildman–Crippen LogP) is 3.43. The van der Waals surface area contributed by atoms with Gasteiger partial charge in [-0.2, -0.15) is 0 Å². The van der Waals surface area contributed by atoms with Gasteiger partial charge in [0.05, 0.1) is 0 Å². The zero-order valence-corrected chi connectivity index (χ0v) is 14.3. The number of hydrogen-bond donors (Lipinski definition) is 2. The number of aromatic nitrogens is 1. The summed E-state index contributed by atoms with van der Waals surface area (Å²) >= 11 is 0. The van der Waals surface area contributed by atoms with Crippen LogP contribution in [-0.2, 0) is 12.8 Å². The predicted molar refractivity (Wildman–Crippen MR) is 98.8 cm³/mol. The molecule has 0 unspecified atom stereocenters. The number of fused-ring (bicyclic) bond motifs is 1. The summed E-state index contributed by atoms with van der Waals surface area (Å²) in [5, 5.41) is 6.84. The van der Waals surface area contributed by atoms with E-state index in [1.54, 1.807) is 0 Å². The van der Waals surface area contributed by atoms with Gasteiger partial charge in [-0.25, -0.2) is 4.98 Å². The molecule has 0 radical (unpaired) electrons. The highest BCUT2D eigenvalue weighted by molar-refractivity contribution is 5.46. The zero-order chi connectivity index (χ0) is 16.5. The second-order valence-electron chi connectivity index (χ2n) is 6.21. The Hall–Kier alpha value is -2.07. The molecule has 1 aliphatic heterocycles. The summed E-state index contributed by atoms with van der Waals surface area (Å²) in [6.07, 6.45) is 5.76. The lowest BCUT2D eigenvalue weighted by Gasteiger charge is -2.17. The Balaban J connectivity index is 1.25. The normalized spacial score (nSPS) is 13.2. The van der Waals surface area contributed by atoms with Crippen molar-refractivity contribution in [3.8, 4) is 5.75 Å². The molecule has 0 atom stereocenters. The average molecular weight is 325 g/mol. The zero-order valence-electron chi connectivity index (χ0n) is 14.3. The number of ether oxygens (including phenoxy) is 1. The molecule has 0 amide bonds. The van der Waals surface area contributed by atoms with E-state index in [9.17, 15) is 0 Å². The lowest BCUT2D eigenvalue weighted by Crippen LogP contribution is -2.22. The second kappa shape index (κ2) is 9.28. The van der Waals surface area contributed by atoms with Gasteiger partial charge in [-0.15, -0.1) is 0 Å². The van der Waals surface area contributed by atoms with Crippen LogP contribution >= 0.6 is 0 Å². The molecule has 0 saturated heterocycles. The number of pyridine rings is 1. The van der Waals surface area contributed by atoms with E-state index in [1.165, 1.54) is 24.1 Å². The van der Waals surface area contributed by atoms with E-state index in [-0.39, 0.29) is 0 Å². The van der Waals surface area contributed by atoms with Crippen LogP contribution in [0, 0.1) is 0 Å². The van der Waals surface area contributed by atoms with E-state index < -0.39 is 0 Å². The summed E-state index contributed by atoms with van der Waals surface area (Å²) in [6, 6.07) is 14.4. The average Bonchev–Trinajstić information content (AvgIpc) is 2.64. The highest BCUT2D eigenvalue weighted by Crippen LogP contribution is 2.20. The quantitative estimate of drug-likeness (QED) is 0.693. The molecule has 24 heavy (non-hydrogen) atoms. The SMILES string of the molecule is c1ccc(OCCNCCCCc2ccc3c(n2)NCCC3)cc1. The minimum absolute atomic E-state index is 0.710. The smallest absolute Gasteiger partial charge is 0.129 e. The highest BCUT2D eigenvalue weighted by Gasteiger charge is 2.09. The third-order valence-electron chi connectivity index (χ3n) is 4.28. The van der Waals surface area contributed by atoms with Crippen molar-refractivity contribution >= 4 is 5.82 Å². The number of hydrogen-bond acceptors (Lipinski definition) is 4. The number of unbranched alkanes of at least 4 members (excludes halogenated alkanes) is 1. The molecule has 4 heteroatoms. The fourth-order valence-corrected chi connectivity index (χ4v) is 2.95. The Morgan fingerprint density at radius 2 is 1.96 bits per heavy atom. The molecular weight excluding hydrogens is 298 g/mol. The first-order chi connectivity index (χ1) is 11.9. The largest absolute Gasteiger partial charge is 0.492 e. The van der Waals surface area contributed by atoms with Crippen molar-refractivity contribution in [2.24, 2.45) is 0 Å². The molecule has 0 bridgehead atoms. The van der Waals surface area contributed by atoms with Crippen molar-refractivity contribution in [2.75, 3.05) is 31.6 Å². The van der Waals surface area contributed by atoms with Crippen molar-refractivity contribution in [1.29, 1.82) is 0 Å². The van der Waals surface area contributed by atoms with Crippen LogP contribution in [-0.4, -0.2) is 31.2 Å². The number of rotatable bonds is 9. The van der Waals surface area contributed by atoms with E-state index >= 15 is 0 Å². The number of aryl methyl sites for hydroxylation is 2. The molecule has 0 saturated carbocycles. The van der Waals surface area contributed by atoms with Crippen LogP contribution in [0.25, 0.3) is 0 Å². The van der Waals surface area contributed by atoms with Gasteiger partial charge in [0.15, 0.2) is 0 Å². The van der Waals surface area contributed by atoms with Crippen molar-refractivity contribution in [1.82, 2.24) is 10.3 Å². The summed E-state index contributed by atoms with van der Waals surface area (Å²) in [7, 11) is 0. The van der Waals surface area contributed by atoms with Gasteiger partial charge < -0.3 is 15.4 Å². The molecule has 128 valence electrons. The molecule has 1 aromatic heterocycles. The summed E-state index contributed by atoms with van der Waals surface area (Å²) in [6.45, 7) is 3.68. The van der Waals surface area contributed by atoms with Crippen LogP contribution in [0.4, 0.5) is 5.82 Å². The van der Waals surface area contributed by atoms with Gasteiger partial charge in [0, 0.05) is 18.8 Å². The first-order valence-corrected chi connectivity index (χ1v) is 9.03. The van der Waals surface area contributed by atoms with Gasteiger partial charge in [-0.3, -0.25) is 0 Å². The van der Waals surface area contributed by atoms with Gasteiger partial charge in [0.1, 0.15) is 18.2 Å². The molecule has 0 fully saturated rings. The fourth-order valence-electron chi connectivity index (χ4n) is 2.95. The number of anilines is 1. The molecule has 2 aromatic rings. The molecule has 1 aromatic carbocycles. The molecular formula is C20H27N3O. The number of benzene rings is 1. The highest BCUT2D eigenvalue weighted by atomic mass is 16.5. The summed E-state index contributed by atoms with van der Waals surface area (Å²) in [5.74, 6) is 2.04. The number of para-hydroxylation sites is 1. The monoisotopic (exact) mass is 325 g/mol. The number of nitrogens with zero attached hydrogens (tertiary/aromatic N) is 1. The Morgan fingerprint density at radius 3 is 2.88 bits per heavy atom. The van der Waals surface area contributed by atoms with Crippen LogP contribution in [0.15, 0.2) is 42.5 Å². The van der Waals surface area contributed by atoms with Crippen molar-refractivity contribution < 1.29 is 4.74 Å². The first-order valence-electron chi connectivity index (χ1n) is 9.03.